The number of halogens is 2. The van der Waals surface area contributed by atoms with Gasteiger partial charge in [-0.3, -0.25) is 10.1 Å². The summed E-state index contributed by atoms with van der Waals surface area (Å²) in [6, 6.07) is 3.30. The van der Waals surface area contributed by atoms with Gasteiger partial charge in [-0.15, -0.1) is 0 Å². The molecule has 1 aromatic carbocycles. The Hall–Kier alpha value is -2.88. The number of nitrogens with one attached hydrogen (secondary N) is 1. The van der Waals surface area contributed by atoms with Gasteiger partial charge in [0.1, 0.15) is 17.3 Å². The standard InChI is InChI=1S/C18H22F2N6O2/c19-12-5-11(6-13(20)8-12)9-23-18-24-15(16(26(27)28)17(22)25-18)7-10-1-3-14(21)4-2-10/h5-6,8,10,14H,1-4,7,9,21H2,(H3,22,23,24,25). The summed E-state index contributed by atoms with van der Waals surface area (Å²) < 4.78 is 26.6. The second kappa shape index (κ2) is 8.42. The van der Waals surface area contributed by atoms with Crippen molar-refractivity contribution in [1.29, 1.82) is 0 Å². The summed E-state index contributed by atoms with van der Waals surface area (Å²) >= 11 is 0. The molecule has 10 heteroatoms. The van der Waals surface area contributed by atoms with Gasteiger partial charge in [0.2, 0.25) is 11.8 Å². The topological polar surface area (TPSA) is 133 Å². The number of rotatable bonds is 6. The second-order valence-electron chi connectivity index (χ2n) is 7.10. The van der Waals surface area contributed by atoms with E-state index in [0.717, 1.165) is 31.7 Å². The predicted octanol–water partition coefficient (Wildman–Crippen LogP) is 2.92. The van der Waals surface area contributed by atoms with Crippen molar-refractivity contribution in [2.24, 2.45) is 11.7 Å². The summed E-state index contributed by atoms with van der Waals surface area (Å²) in [7, 11) is 0. The van der Waals surface area contributed by atoms with Crippen molar-refractivity contribution in [3.63, 3.8) is 0 Å². The van der Waals surface area contributed by atoms with Crippen LogP contribution >= 0.6 is 0 Å². The second-order valence-corrected chi connectivity index (χ2v) is 7.10. The van der Waals surface area contributed by atoms with Crippen LogP contribution in [0.3, 0.4) is 0 Å². The SMILES string of the molecule is Nc1nc(NCc2cc(F)cc(F)c2)nc(CC2CCC(N)CC2)c1[N+](=O)[O-]. The first-order valence-electron chi connectivity index (χ1n) is 9.07. The zero-order chi connectivity index (χ0) is 20.3. The number of aromatic nitrogens is 2. The molecule has 2 aromatic rings. The highest BCUT2D eigenvalue weighted by atomic mass is 19.1. The van der Waals surface area contributed by atoms with Gasteiger partial charge in [-0.25, -0.2) is 13.8 Å². The number of benzene rings is 1. The van der Waals surface area contributed by atoms with Crippen LogP contribution in [-0.2, 0) is 13.0 Å². The summed E-state index contributed by atoms with van der Waals surface area (Å²) in [6.45, 7) is 0.0453. The van der Waals surface area contributed by atoms with Crippen molar-refractivity contribution >= 4 is 17.5 Å². The molecular weight excluding hydrogens is 370 g/mol. The summed E-state index contributed by atoms with van der Waals surface area (Å²) in [4.78, 5) is 19.0. The van der Waals surface area contributed by atoms with Gasteiger partial charge in [0, 0.05) is 18.7 Å². The fourth-order valence-corrected chi connectivity index (χ4v) is 3.50. The molecule has 0 amide bonds. The van der Waals surface area contributed by atoms with Crippen molar-refractivity contribution in [2.45, 2.75) is 44.7 Å². The zero-order valence-corrected chi connectivity index (χ0v) is 15.2. The summed E-state index contributed by atoms with van der Waals surface area (Å²) in [5.41, 5.74) is 12.0. The van der Waals surface area contributed by atoms with Gasteiger partial charge >= 0.3 is 5.69 Å². The lowest BCUT2D eigenvalue weighted by molar-refractivity contribution is -0.385. The Labute approximate surface area is 160 Å². The van der Waals surface area contributed by atoms with Crippen molar-refractivity contribution < 1.29 is 13.7 Å². The van der Waals surface area contributed by atoms with Gasteiger partial charge in [0.05, 0.1) is 4.92 Å². The minimum absolute atomic E-state index is 0.0453. The maximum absolute atomic E-state index is 13.3. The van der Waals surface area contributed by atoms with Gasteiger partial charge in [0.25, 0.3) is 0 Å². The van der Waals surface area contributed by atoms with Crippen molar-refractivity contribution in [1.82, 2.24) is 9.97 Å². The van der Waals surface area contributed by atoms with Crippen LogP contribution < -0.4 is 16.8 Å². The number of anilines is 2. The average Bonchev–Trinajstić information content (AvgIpc) is 2.60. The van der Waals surface area contributed by atoms with E-state index in [1.165, 1.54) is 12.1 Å². The van der Waals surface area contributed by atoms with Crippen LogP contribution in [0.4, 0.5) is 26.2 Å². The molecule has 0 spiro atoms. The summed E-state index contributed by atoms with van der Waals surface area (Å²) in [5.74, 6) is -1.32. The van der Waals surface area contributed by atoms with E-state index in [1.807, 2.05) is 0 Å². The minimum atomic E-state index is -0.697. The Kier molecular flexibility index (Phi) is 5.98. The first-order chi connectivity index (χ1) is 13.3. The Bertz CT molecular complexity index is 851. The van der Waals surface area contributed by atoms with E-state index in [0.29, 0.717) is 12.0 Å². The third-order valence-electron chi connectivity index (χ3n) is 4.91. The van der Waals surface area contributed by atoms with Crippen LogP contribution in [0.25, 0.3) is 0 Å². The van der Waals surface area contributed by atoms with Gasteiger partial charge in [-0.2, -0.15) is 4.98 Å². The largest absolute Gasteiger partial charge is 0.378 e. The van der Waals surface area contributed by atoms with E-state index in [9.17, 15) is 18.9 Å². The quantitative estimate of drug-likeness (QED) is 0.508. The normalized spacial score (nSPS) is 19.4. The lowest BCUT2D eigenvalue weighted by Crippen LogP contribution is -2.27. The molecule has 0 saturated heterocycles. The lowest BCUT2D eigenvalue weighted by atomic mass is 9.83. The van der Waals surface area contributed by atoms with E-state index in [4.69, 9.17) is 11.5 Å². The predicted molar refractivity (Wildman–Crippen MR) is 100 cm³/mol. The molecule has 0 unspecified atom stereocenters. The molecule has 1 aliphatic rings. The van der Waals surface area contributed by atoms with Crippen molar-refractivity contribution in [2.75, 3.05) is 11.1 Å². The molecule has 5 N–H and O–H groups in total. The third-order valence-corrected chi connectivity index (χ3v) is 4.91. The summed E-state index contributed by atoms with van der Waals surface area (Å²) in [6.07, 6.45) is 3.88. The number of hydrogen-bond donors (Lipinski definition) is 3. The molecule has 0 bridgehead atoms. The molecule has 1 fully saturated rings. The van der Waals surface area contributed by atoms with Crippen LogP contribution in [0.2, 0.25) is 0 Å². The molecule has 1 saturated carbocycles. The molecule has 1 aromatic heterocycles. The van der Waals surface area contributed by atoms with E-state index in [1.54, 1.807) is 0 Å². The smallest absolute Gasteiger partial charge is 0.332 e. The van der Waals surface area contributed by atoms with Crippen LogP contribution in [0.15, 0.2) is 18.2 Å². The number of nitrogen functional groups attached to an aromatic ring is 1. The molecule has 1 heterocycles. The van der Waals surface area contributed by atoms with Crippen LogP contribution in [0, 0.1) is 27.7 Å². The molecule has 1 aliphatic carbocycles. The van der Waals surface area contributed by atoms with Crippen molar-refractivity contribution in [3.8, 4) is 0 Å². The van der Waals surface area contributed by atoms with Crippen LogP contribution in [0.5, 0.6) is 0 Å². The van der Waals surface area contributed by atoms with Gasteiger partial charge in [-0.05, 0) is 55.7 Å². The number of hydrogen-bond acceptors (Lipinski definition) is 7. The summed E-state index contributed by atoms with van der Waals surface area (Å²) in [5, 5.41) is 14.3. The maximum Gasteiger partial charge on any atom is 0.332 e. The van der Waals surface area contributed by atoms with E-state index in [2.05, 4.69) is 15.3 Å². The van der Waals surface area contributed by atoms with E-state index >= 15 is 0 Å². The number of nitro groups is 1. The molecule has 8 nitrogen and oxygen atoms in total. The zero-order valence-electron chi connectivity index (χ0n) is 15.2. The van der Waals surface area contributed by atoms with Crippen LogP contribution in [-0.4, -0.2) is 20.9 Å². The molecule has 0 aliphatic heterocycles. The third kappa shape index (κ3) is 4.89. The fraction of sp³-hybridized carbons (Fsp3) is 0.444. The molecular formula is C18H22F2N6O2. The van der Waals surface area contributed by atoms with E-state index in [-0.39, 0.29) is 41.7 Å². The van der Waals surface area contributed by atoms with Gasteiger partial charge < -0.3 is 16.8 Å². The fourth-order valence-electron chi connectivity index (χ4n) is 3.50. The Morgan fingerprint density at radius 3 is 2.39 bits per heavy atom. The Balaban J connectivity index is 1.80. The molecule has 0 radical (unpaired) electrons. The van der Waals surface area contributed by atoms with Crippen molar-refractivity contribution in [3.05, 3.63) is 51.2 Å². The van der Waals surface area contributed by atoms with Gasteiger partial charge in [-0.1, -0.05) is 0 Å². The minimum Gasteiger partial charge on any atom is -0.378 e. The lowest BCUT2D eigenvalue weighted by Gasteiger charge is -2.25. The first kappa shape index (κ1) is 19.9. The Morgan fingerprint density at radius 1 is 1.14 bits per heavy atom. The van der Waals surface area contributed by atoms with E-state index < -0.39 is 16.6 Å². The number of nitrogens with zero attached hydrogens (tertiary/aromatic N) is 3. The molecule has 3 rings (SSSR count). The molecule has 150 valence electrons. The Morgan fingerprint density at radius 2 is 1.79 bits per heavy atom. The number of nitrogens with two attached hydrogens (primary N) is 2. The molecule has 28 heavy (non-hydrogen) atoms. The highest BCUT2D eigenvalue weighted by Crippen LogP contribution is 2.31. The first-order valence-corrected chi connectivity index (χ1v) is 9.07. The van der Waals surface area contributed by atoms with Crippen LogP contribution in [0.1, 0.15) is 36.9 Å². The highest BCUT2D eigenvalue weighted by Gasteiger charge is 2.27. The monoisotopic (exact) mass is 392 g/mol. The average molecular weight is 392 g/mol. The maximum atomic E-state index is 13.3. The van der Waals surface area contributed by atoms with Gasteiger partial charge in [0.15, 0.2) is 0 Å². The molecule has 0 atom stereocenters. The highest BCUT2D eigenvalue weighted by molar-refractivity contribution is 5.58.